The highest BCUT2D eigenvalue weighted by atomic mass is 15.2. The molecule has 1 heterocycles. The van der Waals surface area contributed by atoms with Crippen molar-refractivity contribution in [3.8, 4) is 0 Å². The van der Waals surface area contributed by atoms with Crippen LogP contribution >= 0.6 is 0 Å². The van der Waals surface area contributed by atoms with Gasteiger partial charge in [0.2, 0.25) is 0 Å². The van der Waals surface area contributed by atoms with Gasteiger partial charge in [0.1, 0.15) is 0 Å². The molecule has 0 aromatic carbocycles. The summed E-state index contributed by atoms with van der Waals surface area (Å²) in [6.45, 7) is 10.2. The molecule has 1 heteroatoms. The summed E-state index contributed by atoms with van der Waals surface area (Å²) < 4.78 is 0. The van der Waals surface area contributed by atoms with Gasteiger partial charge >= 0.3 is 0 Å². The lowest BCUT2D eigenvalue weighted by Gasteiger charge is -2.35. The van der Waals surface area contributed by atoms with Crippen molar-refractivity contribution in [1.82, 2.24) is 4.90 Å². The minimum Gasteiger partial charge on any atom is -0.370 e. The average Bonchev–Trinajstić information content (AvgIpc) is 2.11. The highest BCUT2D eigenvalue weighted by Gasteiger charge is 2.23. The third kappa shape index (κ3) is 1.34. The van der Waals surface area contributed by atoms with Gasteiger partial charge in [-0.2, -0.15) is 0 Å². The van der Waals surface area contributed by atoms with Crippen LogP contribution < -0.4 is 0 Å². The number of hydrogen-bond acceptors (Lipinski definition) is 1. The van der Waals surface area contributed by atoms with Gasteiger partial charge in [-0.25, -0.2) is 0 Å². The molecule has 0 saturated carbocycles. The van der Waals surface area contributed by atoms with E-state index in [1.54, 1.807) is 0 Å². The molecule has 1 nitrogen and oxygen atoms in total. The van der Waals surface area contributed by atoms with E-state index in [4.69, 9.17) is 0 Å². The Balaban J connectivity index is 2.67. The Morgan fingerprint density at radius 1 is 1.40 bits per heavy atom. The third-order valence-electron chi connectivity index (χ3n) is 2.03. The first kappa shape index (κ1) is 7.64. The minimum atomic E-state index is 0.317. The lowest BCUT2D eigenvalue weighted by Crippen LogP contribution is -2.37. The van der Waals surface area contributed by atoms with Gasteiger partial charge in [0.05, 0.1) is 0 Å². The Bertz CT molecular complexity index is 151. The lowest BCUT2D eigenvalue weighted by molar-refractivity contribution is 0.203. The van der Waals surface area contributed by atoms with Crippen molar-refractivity contribution >= 4 is 0 Å². The van der Waals surface area contributed by atoms with Crippen molar-refractivity contribution in [2.24, 2.45) is 0 Å². The summed E-state index contributed by atoms with van der Waals surface area (Å²) >= 11 is 0. The molecule has 0 N–H and O–H groups in total. The first-order valence-electron chi connectivity index (χ1n) is 3.96. The maximum Gasteiger partial charge on any atom is 0.0314 e. The van der Waals surface area contributed by atoms with E-state index in [1.165, 1.54) is 18.7 Å². The fourth-order valence-electron chi connectivity index (χ4n) is 1.55. The van der Waals surface area contributed by atoms with E-state index < -0.39 is 0 Å². The van der Waals surface area contributed by atoms with Crippen LogP contribution in [0, 0.1) is 0 Å². The Hall–Kier alpha value is -0.460. The predicted molar refractivity (Wildman–Crippen MR) is 44.8 cm³/mol. The SMILES string of the molecule is CC1=CCCN1C(C)(C)C. The van der Waals surface area contributed by atoms with Crippen LogP contribution in [-0.4, -0.2) is 17.0 Å². The van der Waals surface area contributed by atoms with Crippen LogP contribution in [0.25, 0.3) is 0 Å². The first-order valence-corrected chi connectivity index (χ1v) is 3.96. The van der Waals surface area contributed by atoms with Gasteiger partial charge in [0.15, 0.2) is 0 Å². The highest BCUT2D eigenvalue weighted by molar-refractivity contribution is 5.07. The second-order valence-corrected chi connectivity index (χ2v) is 3.96. The van der Waals surface area contributed by atoms with Gasteiger partial charge < -0.3 is 4.90 Å². The molecule has 0 unspecified atom stereocenters. The quantitative estimate of drug-likeness (QED) is 0.498. The zero-order valence-electron chi connectivity index (χ0n) is 7.44. The van der Waals surface area contributed by atoms with Crippen molar-refractivity contribution in [1.29, 1.82) is 0 Å². The largest absolute Gasteiger partial charge is 0.370 e. The van der Waals surface area contributed by atoms with Crippen LogP contribution in [0.15, 0.2) is 11.8 Å². The molecule has 0 fully saturated rings. The van der Waals surface area contributed by atoms with Gasteiger partial charge in [0, 0.05) is 17.8 Å². The molecule has 0 saturated heterocycles. The van der Waals surface area contributed by atoms with E-state index in [0.717, 1.165) is 0 Å². The molecular weight excluding hydrogens is 122 g/mol. The van der Waals surface area contributed by atoms with Gasteiger partial charge in [-0.05, 0) is 34.1 Å². The third-order valence-corrected chi connectivity index (χ3v) is 2.03. The fourth-order valence-corrected chi connectivity index (χ4v) is 1.55. The zero-order chi connectivity index (χ0) is 7.78. The molecule has 58 valence electrons. The molecule has 0 amide bonds. The number of nitrogens with zero attached hydrogens (tertiary/aromatic N) is 1. The van der Waals surface area contributed by atoms with E-state index >= 15 is 0 Å². The highest BCUT2D eigenvalue weighted by Crippen LogP contribution is 2.24. The molecule has 10 heavy (non-hydrogen) atoms. The average molecular weight is 139 g/mol. The summed E-state index contributed by atoms with van der Waals surface area (Å²) in [5, 5.41) is 0. The summed E-state index contributed by atoms with van der Waals surface area (Å²) in [5.41, 5.74) is 1.75. The van der Waals surface area contributed by atoms with Crippen molar-refractivity contribution < 1.29 is 0 Å². The maximum absolute atomic E-state index is 2.45. The van der Waals surface area contributed by atoms with Crippen molar-refractivity contribution in [2.75, 3.05) is 6.54 Å². The summed E-state index contributed by atoms with van der Waals surface area (Å²) in [6, 6.07) is 0. The lowest BCUT2D eigenvalue weighted by atomic mass is 10.1. The van der Waals surface area contributed by atoms with Crippen LogP contribution in [0.2, 0.25) is 0 Å². The summed E-state index contributed by atoms with van der Waals surface area (Å²) in [6.07, 6.45) is 3.54. The van der Waals surface area contributed by atoms with Crippen molar-refractivity contribution in [3.05, 3.63) is 11.8 Å². The Morgan fingerprint density at radius 2 is 2.00 bits per heavy atom. The zero-order valence-corrected chi connectivity index (χ0v) is 7.44. The van der Waals surface area contributed by atoms with Gasteiger partial charge in [-0.1, -0.05) is 6.08 Å². The van der Waals surface area contributed by atoms with Crippen LogP contribution in [0.4, 0.5) is 0 Å². The van der Waals surface area contributed by atoms with E-state index in [9.17, 15) is 0 Å². The normalized spacial score (nSPS) is 19.6. The topological polar surface area (TPSA) is 3.24 Å². The Kier molecular flexibility index (Phi) is 1.76. The predicted octanol–water partition coefficient (Wildman–Crippen LogP) is 2.39. The van der Waals surface area contributed by atoms with E-state index in [1.807, 2.05) is 0 Å². The smallest absolute Gasteiger partial charge is 0.0314 e. The molecule has 0 aromatic rings. The first-order chi connectivity index (χ1) is 4.52. The molecule has 1 aliphatic rings. The molecule has 0 atom stereocenters. The number of hydrogen-bond donors (Lipinski definition) is 0. The molecule has 0 aromatic heterocycles. The molecule has 0 bridgehead atoms. The fraction of sp³-hybridized carbons (Fsp3) is 0.778. The monoisotopic (exact) mass is 139 g/mol. The van der Waals surface area contributed by atoms with Crippen LogP contribution in [-0.2, 0) is 0 Å². The van der Waals surface area contributed by atoms with Crippen molar-refractivity contribution in [3.63, 3.8) is 0 Å². The molecule has 1 aliphatic heterocycles. The van der Waals surface area contributed by atoms with E-state index in [2.05, 4.69) is 38.7 Å². The summed E-state index contributed by atoms with van der Waals surface area (Å²) in [5.74, 6) is 0. The number of allylic oxidation sites excluding steroid dienone is 1. The molecule has 0 spiro atoms. The molecule has 1 rings (SSSR count). The summed E-state index contributed by atoms with van der Waals surface area (Å²) in [4.78, 5) is 2.45. The maximum atomic E-state index is 2.45. The number of rotatable bonds is 0. The van der Waals surface area contributed by atoms with Crippen LogP contribution in [0.3, 0.4) is 0 Å². The van der Waals surface area contributed by atoms with E-state index in [0.29, 0.717) is 5.54 Å². The van der Waals surface area contributed by atoms with Gasteiger partial charge in [-0.3, -0.25) is 0 Å². The Morgan fingerprint density at radius 3 is 2.20 bits per heavy atom. The Labute approximate surface area is 63.7 Å². The molecule has 0 radical (unpaired) electrons. The van der Waals surface area contributed by atoms with Crippen LogP contribution in [0.5, 0.6) is 0 Å². The van der Waals surface area contributed by atoms with Crippen LogP contribution in [0.1, 0.15) is 34.1 Å². The van der Waals surface area contributed by atoms with Gasteiger partial charge in [-0.15, -0.1) is 0 Å². The second-order valence-electron chi connectivity index (χ2n) is 3.96. The van der Waals surface area contributed by atoms with E-state index in [-0.39, 0.29) is 0 Å². The van der Waals surface area contributed by atoms with Gasteiger partial charge in [0.25, 0.3) is 0 Å². The summed E-state index contributed by atoms with van der Waals surface area (Å²) in [7, 11) is 0. The molecule has 0 aliphatic carbocycles. The molecular formula is C9H17N. The minimum absolute atomic E-state index is 0.317. The standard InChI is InChI=1S/C9H17N/c1-8-6-5-7-10(8)9(2,3)4/h6H,5,7H2,1-4H3. The second kappa shape index (κ2) is 2.30. The van der Waals surface area contributed by atoms with Crippen molar-refractivity contribution in [2.45, 2.75) is 39.7 Å².